The molecule has 0 aromatic carbocycles. The van der Waals surface area contributed by atoms with Crippen molar-refractivity contribution in [3.05, 3.63) is 0 Å². The zero-order valence-electron chi connectivity index (χ0n) is 15.0. The van der Waals surface area contributed by atoms with Crippen LogP contribution in [0.2, 0.25) is 0 Å². The van der Waals surface area contributed by atoms with E-state index in [2.05, 4.69) is 15.6 Å². The standard InChI is InChI=1S/C11H21N3O4.C4H8O2/c1-11(2,3)18-9(15)13-12-8-4-6-14(7-5-8)10(16)17;1-3-6-4(2)5/h8,12H,4-7H2,1-3H3,(H,13,15)(H,16,17);3H2,1-2H3. The van der Waals surface area contributed by atoms with Crippen LogP contribution in [0.3, 0.4) is 0 Å². The van der Waals surface area contributed by atoms with E-state index in [9.17, 15) is 14.4 Å². The minimum absolute atomic E-state index is 0.0770. The van der Waals surface area contributed by atoms with Crippen LogP contribution in [0.1, 0.15) is 47.5 Å². The number of nitrogens with zero attached hydrogens (tertiary/aromatic N) is 1. The Labute approximate surface area is 142 Å². The van der Waals surface area contributed by atoms with Crippen molar-refractivity contribution >= 4 is 18.2 Å². The van der Waals surface area contributed by atoms with E-state index >= 15 is 0 Å². The molecule has 140 valence electrons. The Morgan fingerprint density at radius 2 is 1.75 bits per heavy atom. The number of likely N-dealkylation sites (tertiary alicyclic amines) is 1. The molecule has 0 aliphatic carbocycles. The summed E-state index contributed by atoms with van der Waals surface area (Å²) in [7, 11) is 0. The lowest BCUT2D eigenvalue weighted by atomic mass is 10.1. The van der Waals surface area contributed by atoms with Gasteiger partial charge in [0.15, 0.2) is 0 Å². The van der Waals surface area contributed by atoms with Crippen molar-refractivity contribution in [2.45, 2.75) is 59.1 Å². The molecule has 9 heteroatoms. The summed E-state index contributed by atoms with van der Waals surface area (Å²) in [4.78, 5) is 33.3. The molecule has 0 aromatic rings. The average Bonchev–Trinajstić information content (AvgIpc) is 2.44. The second kappa shape index (κ2) is 10.7. The molecule has 0 spiro atoms. The lowest BCUT2D eigenvalue weighted by Crippen LogP contribution is -2.51. The highest BCUT2D eigenvalue weighted by Crippen LogP contribution is 2.10. The molecule has 2 amide bonds. The summed E-state index contributed by atoms with van der Waals surface area (Å²) in [5.74, 6) is -0.211. The highest BCUT2D eigenvalue weighted by atomic mass is 16.6. The van der Waals surface area contributed by atoms with Gasteiger partial charge < -0.3 is 19.5 Å². The van der Waals surface area contributed by atoms with Crippen LogP contribution in [0.4, 0.5) is 9.59 Å². The molecule has 0 radical (unpaired) electrons. The molecule has 1 rings (SSSR count). The Morgan fingerprint density at radius 1 is 1.21 bits per heavy atom. The summed E-state index contributed by atoms with van der Waals surface area (Å²) in [5.41, 5.74) is 4.81. The summed E-state index contributed by atoms with van der Waals surface area (Å²) >= 11 is 0. The molecule has 0 aromatic heterocycles. The summed E-state index contributed by atoms with van der Waals surface area (Å²) in [5, 5.41) is 8.79. The number of piperidine rings is 1. The zero-order valence-corrected chi connectivity index (χ0v) is 15.0. The van der Waals surface area contributed by atoms with Crippen LogP contribution in [0.15, 0.2) is 0 Å². The van der Waals surface area contributed by atoms with Crippen molar-refractivity contribution in [1.82, 2.24) is 15.8 Å². The van der Waals surface area contributed by atoms with Gasteiger partial charge >= 0.3 is 18.2 Å². The van der Waals surface area contributed by atoms with Gasteiger partial charge in [0.1, 0.15) is 5.60 Å². The summed E-state index contributed by atoms with van der Waals surface area (Å²) in [6, 6.07) is 0.0770. The Kier molecular flexibility index (Phi) is 9.79. The fourth-order valence-electron chi connectivity index (χ4n) is 1.88. The maximum absolute atomic E-state index is 11.4. The molecule has 1 fully saturated rings. The van der Waals surface area contributed by atoms with E-state index < -0.39 is 17.8 Å². The van der Waals surface area contributed by atoms with Gasteiger partial charge in [-0.25, -0.2) is 15.0 Å². The number of carbonyl (C=O) groups excluding carboxylic acids is 2. The molecule has 1 heterocycles. The fourth-order valence-corrected chi connectivity index (χ4v) is 1.88. The first kappa shape index (κ1) is 22.0. The Hall–Kier alpha value is -2.03. The molecule has 1 saturated heterocycles. The molecule has 0 unspecified atom stereocenters. The van der Waals surface area contributed by atoms with Crippen molar-refractivity contribution in [2.75, 3.05) is 19.7 Å². The Balaban J connectivity index is 0.000000754. The van der Waals surface area contributed by atoms with Crippen LogP contribution in [-0.4, -0.2) is 59.5 Å². The van der Waals surface area contributed by atoms with E-state index in [4.69, 9.17) is 9.84 Å². The van der Waals surface area contributed by atoms with Crippen molar-refractivity contribution in [1.29, 1.82) is 0 Å². The number of carboxylic acid groups (broad SMARTS) is 1. The Morgan fingerprint density at radius 3 is 2.08 bits per heavy atom. The molecule has 1 aliphatic heterocycles. The SMILES string of the molecule is CC(C)(C)OC(=O)NNC1CCN(C(=O)O)CC1.CCOC(C)=O. The highest BCUT2D eigenvalue weighted by Gasteiger charge is 2.23. The van der Waals surface area contributed by atoms with E-state index in [0.29, 0.717) is 32.5 Å². The normalized spacial score (nSPS) is 15.0. The third-order valence-electron chi connectivity index (χ3n) is 2.89. The number of esters is 1. The number of rotatable bonds is 3. The van der Waals surface area contributed by atoms with Crippen LogP contribution in [0.25, 0.3) is 0 Å². The molecule has 9 nitrogen and oxygen atoms in total. The van der Waals surface area contributed by atoms with Crippen molar-refractivity contribution in [3.63, 3.8) is 0 Å². The Bertz CT molecular complexity index is 414. The smallest absolute Gasteiger partial charge is 0.422 e. The molecular formula is C15H29N3O6. The number of amides is 2. The first-order valence-electron chi connectivity index (χ1n) is 7.91. The first-order chi connectivity index (χ1) is 11.0. The topological polar surface area (TPSA) is 117 Å². The average molecular weight is 347 g/mol. The summed E-state index contributed by atoms with van der Waals surface area (Å²) in [6.07, 6.45) is -0.0822. The van der Waals surface area contributed by atoms with Crippen molar-refractivity contribution < 1.29 is 29.0 Å². The maximum Gasteiger partial charge on any atom is 0.422 e. The maximum atomic E-state index is 11.4. The van der Waals surface area contributed by atoms with Crippen molar-refractivity contribution in [3.8, 4) is 0 Å². The second-order valence-corrected chi connectivity index (χ2v) is 6.24. The largest absolute Gasteiger partial charge is 0.466 e. The third kappa shape index (κ3) is 11.5. The van der Waals surface area contributed by atoms with Gasteiger partial charge in [-0.1, -0.05) is 0 Å². The predicted octanol–water partition coefficient (Wildman–Crippen LogP) is 1.73. The lowest BCUT2D eigenvalue weighted by Gasteiger charge is -2.30. The zero-order chi connectivity index (χ0) is 18.8. The molecule has 0 bridgehead atoms. The van der Waals surface area contributed by atoms with Gasteiger partial charge in [-0.3, -0.25) is 10.2 Å². The number of hydrogen-bond acceptors (Lipinski definition) is 6. The molecule has 1 aliphatic rings. The molecule has 0 atom stereocenters. The summed E-state index contributed by atoms with van der Waals surface area (Å²) in [6.45, 7) is 9.97. The van der Waals surface area contributed by atoms with E-state index in [1.165, 1.54) is 11.8 Å². The van der Waals surface area contributed by atoms with Gasteiger partial charge in [0.25, 0.3) is 0 Å². The fraction of sp³-hybridized carbons (Fsp3) is 0.800. The van der Waals surface area contributed by atoms with Gasteiger partial charge in [0.2, 0.25) is 0 Å². The minimum atomic E-state index is -0.895. The molecular weight excluding hydrogens is 318 g/mol. The molecule has 3 N–H and O–H groups in total. The van der Waals surface area contributed by atoms with Gasteiger partial charge in [-0.2, -0.15) is 0 Å². The van der Waals surface area contributed by atoms with Crippen molar-refractivity contribution in [2.24, 2.45) is 0 Å². The molecule has 24 heavy (non-hydrogen) atoms. The van der Waals surface area contributed by atoms with Gasteiger partial charge in [-0.05, 0) is 40.5 Å². The third-order valence-corrected chi connectivity index (χ3v) is 2.89. The van der Waals surface area contributed by atoms with Crippen LogP contribution in [-0.2, 0) is 14.3 Å². The van der Waals surface area contributed by atoms with Gasteiger partial charge in [0, 0.05) is 26.1 Å². The lowest BCUT2D eigenvalue weighted by molar-refractivity contribution is -0.140. The predicted molar refractivity (Wildman–Crippen MR) is 87.4 cm³/mol. The van der Waals surface area contributed by atoms with E-state index in [-0.39, 0.29) is 12.0 Å². The number of carbonyl (C=O) groups is 3. The molecule has 0 saturated carbocycles. The van der Waals surface area contributed by atoms with Gasteiger partial charge in [-0.15, -0.1) is 0 Å². The highest BCUT2D eigenvalue weighted by molar-refractivity contribution is 5.67. The first-order valence-corrected chi connectivity index (χ1v) is 7.91. The van der Waals surface area contributed by atoms with Crippen LogP contribution >= 0.6 is 0 Å². The van der Waals surface area contributed by atoms with E-state index in [0.717, 1.165) is 0 Å². The summed E-state index contributed by atoms with van der Waals surface area (Å²) < 4.78 is 9.47. The van der Waals surface area contributed by atoms with E-state index in [1.807, 2.05) is 0 Å². The van der Waals surface area contributed by atoms with Crippen LogP contribution in [0.5, 0.6) is 0 Å². The number of hydrogen-bond donors (Lipinski definition) is 3. The number of nitrogens with one attached hydrogen (secondary N) is 2. The number of ether oxygens (including phenoxy) is 2. The monoisotopic (exact) mass is 347 g/mol. The van der Waals surface area contributed by atoms with E-state index in [1.54, 1.807) is 27.7 Å². The minimum Gasteiger partial charge on any atom is -0.466 e. The quantitative estimate of drug-likeness (QED) is 0.525. The van der Waals surface area contributed by atoms with Crippen LogP contribution < -0.4 is 10.9 Å². The van der Waals surface area contributed by atoms with Crippen LogP contribution in [0, 0.1) is 0 Å². The second-order valence-electron chi connectivity index (χ2n) is 6.24. The number of hydrazine groups is 1. The van der Waals surface area contributed by atoms with Gasteiger partial charge in [0.05, 0.1) is 6.61 Å².